The molecule has 0 bridgehead atoms. The molecule has 0 spiro atoms. The molecule has 0 aliphatic carbocycles. The molecule has 2 rings (SSSR count). The van der Waals surface area contributed by atoms with E-state index in [-0.39, 0.29) is 29.6 Å². The van der Waals surface area contributed by atoms with Gasteiger partial charge in [0.05, 0.1) is 0 Å². The van der Waals surface area contributed by atoms with E-state index in [2.05, 4.69) is 5.32 Å². The monoisotopic (exact) mass is 286 g/mol. The lowest BCUT2D eigenvalue weighted by atomic mass is 10.0. The Kier molecular flexibility index (Phi) is 3.81. The van der Waals surface area contributed by atoms with Gasteiger partial charge in [-0.3, -0.25) is 14.5 Å². The van der Waals surface area contributed by atoms with Gasteiger partial charge < -0.3 is 15.2 Å². The van der Waals surface area contributed by atoms with Crippen molar-refractivity contribution in [2.24, 2.45) is 0 Å². The van der Waals surface area contributed by atoms with E-state index in [0.717, 1.165) is 0 Å². The predicted octanol–water partition coefficient (Wildman–Crippen LogP) is -0.609. The average Bonchev–Trinajstić information content (AvgIpc) is 2.35. The van der Waals surface area contributed by atoms with Crippen LogP contribution in [-0.4, -0.2) is 58.7 Å². The van der Waals surface area contributed by atoms with E-state index in [1.54, 1.807) is 7.05 Å². The molecular formula is C11H14N2O5S. The number of carboxylic acid groups (broad SMARTS) is 1. The molecule has 0 aromatic rings. The van der Waals surface area contributed by atoms with Crippen molar-refractivity contribution in [2.45, 2.75) is 18.3 Å². The van der Waals surface area contributed by atoms with Crippen LogP contribution in [0.25, 0.3) is 0 Å². The Hall–Kier alpha value is -1.54. The molecule has 8 heteroatoms. The lowest BCUT2D eigenvalue weighted by Gasteiger charge is -2.49. The average molecular weight is 286 g/mol. The van der Waals surface area contributed by atoms with Gasteiger partial charge in [0.25, 0.3) is 0 Å². The number of carbonyl (C=O) groups is 3. The first-order chi connectivity index (χ1) is 8.97. The normalized spacial score (nSPS) is 25.8. The Bertz CT molecular complexity index is 476. The Morgan fingerprint density at radius 1 is 1.58 bits per heavy atom. The van der Waals surface area contributed by atoms with Crippen LogP contribution in [0.5, 0.6) is 0 Å². The van der Waals surface area contributed by atoms with Gasteiger partial charge in [0.2, 0.25) is 5.91 Å². The van der Waals surface area contributed by atoms with Crippen molar-refractivity contribution in [2.75, 3.05) is 19.4 Å². The van der Waals surface area contributed by atoms with E-state index >= 15 is 0 Å². The maximum absolute atomic E-state index is 11.9. The number of hydrogen-bond acceptors (Lipinski definition) is 6. The van der Waals surface area contributed by atoms with Crippen molar-refractivity contribution in [3.63, 3.8) is 0 Å². The fourth-order valence-electron chi connectivity index (χ4n) is 2.12. The molecule has 1 saturated heterocycles. The molecule has 0 saturated carbocycles. The quantitative estimate of drug-likeness (QED) is 0.526. The van der Waals surface area contributed by atoms with Crippen molar-refractivity contribution in [3.8, 4) is 0 Å². The summed E-state index contributed by atoms with van der Waals surface area (Å²) in [5.41, 5.74) is 0.397. The van der Waals surface area contributed by atoms with Crippen molar-refractivity contribution in [1.82, 2.24) is 10.2 Å². The Balaban J connectivity index is 2.25. The molecule has 104 valence electrons. The van der Waals surface area contributed by atoms with Gasteiger partial charge in [-0.05, 0) is 7.05 Å². The van der Waals surface area contributed by atoms with E-state index in [1.165, 1.54) is 23.6 Å². The van der Waals surface area contributed by atoms with Crippen LogP contribution in [-0.2, 0) is 19.1 Å². The molecule has 2 heterocycles. The number of ether oxygens (including phenoxy) is 1. The van der Waals surface area contributed by atoms with Gasteiger partial charge in [0.1, 0.15) is 23.7 Å². The number of aliphatic carboxylic acids is 1. The standard InChI is InChI=1S/C11H14N2O5S/c1-5(14)18-3-6-4-19-10-7(12-2)9(15)13(10)8(6)11(16)17/h7,10,12H,3-4H2,1-2H3,(H,16,17)/t7-,10-/m1/s1. The molecule has 1 fully saturated rings. The minimum absolute atomic E-state index is 0.0542. The van der Waals surface area contributed by atoms with E-state index in [0.29, 0.717) is 11.3 Å². The summed E-state index contributed by atoms with van der Waals surface area (Å²) in [5.74, 6) is -1.48. The second-order valence-corrected chi connectivity index (χ2v) is 5.32. The summed E-state index contributed by atoms with van der Waals surface area (Å²) in [4.78, 5) is 35.2. The van der Waals surface area contributed by atoms with Crippen LogP contribution in [0.1, 0.15) is 6.92 Å². The molecule has 7 nitrogen and oxygen atoms in total. The summed E-state index contributed by atoms with van der Waals surface area (Å²) >= 11 is 1.46. The lowest BCUT2D eigenvalue weighted by molar-refractivity contribution is -0.149. The lowest BCUT2D eigenvalue weighted by Crippen LogP contribution is -2.69. The second kappa shape index (κ2) is 5.22. The topological polar surface area (TPSA) is 95.9 Å². The molecule has 0 aromatic carbocycles. The highest BCUT2D eigenvalue weighted by Crippen LogP contribution is 2.40. The van der Waals surface area contributed by atoms with Crippen LogP contribution in [0.3, 0.4) is 0 Å². The Labute approximate surface area is 114 Å². The van der Waals surface area contributed by atoms with Crippen LogP contribution in [0.2, 0.25) is 0 Å². The van der Waals surface area contributed by atoms with Crippen LogP contribution < -0.4 is 5.32 Å². The Morgan fingerprint density at radius 2 is 2.26 bits per heavy atom. The number of hydrogen-bond donors (Lipinski definition) is 2. The molecule has 1 amide bonds. The Morgan fingerprint density at radius 3 is 2.79 bits per heavy atom. The third-order valence-electron chi connectivity index (χ3n) is 3.01. The number of likely N-dealkylation sites (N-methyl/N-ethyl adjacent to an activating group) is 1. The molecule has 2 aliphatic heterocycles. The first-order valence-electron chi connectivity index (χ1n) is 5.68. The fourth-order valence-corrected chi connectivity index (χ4v) is 3.51. The molecule has 2 N–H and O–H groups in total. The number of carboxylic acids is 1. The third-order valence-corrected chi connectivity index (χ3v) is 4.35. The number of carbonyl (C=O) groups excluding carboxylic acids is 2. The number of thioether (sulfide) groups is 1. The maximum Gasteiger partial charge on any atom is 0.352 e. The smallest absolute Gasteiger partial charge is 0.352 e. The molecule has 19 heavy (non-hydrogen) atoms. The van der Waals surface area contributed by atoms with E-state index in [9.17, 15) is 19.5 Å². The predicted molar refractivity (Wildman–Crippen MR) is 67.2 cm³/mol. The zero-order valence-electron chi connectivity index (χ0n) is 10.5. The van der Waals surface area contributed by atoms with E-state index in [1.807, 2.05) is 0 Å². The van der Waals surface area contributed by atoms with Gasteiger partial charge in [-0.25, -0.2) is 4.79 Å². The van der Waals surface area contributed by atoms with Crippen LogP contribution >= 0.6 is 11.8 Å². The van der Waals surface area contributed by atoms with Crippen molar-refractivity contribution in [1.29, 1.82) is 0 Å². The molecule has 0 unspecified atom stereocenters. The van der Waals surface area contributed by atoms with E-state index in [4.69, 9.17) is 4.74 Å². The largest absolute Gasteiger partial charge is 0.477 e. The molecule has 0 aromatic heterocycles. The fraction of sp³-hybridized carbons (Fsp3) is 0.545. The van der Waals surface area contributed by atoms with E-state index < -0.39 is 11.9 Å². The van der Waals surface area contributed by atoms with Crippen LogP contribution in [0.15, 0.2) is 11.3 Å². The van der Waals surface area contributed by atoms with Gasteiger partial charge in [-0.15, -0.1) is 11.8 Å². The number of fused-ring (bicyclic) bond motifs is 1. The highest BCUT2D eigenvalue weighted by molar-refractivity contribution is 8.00. The van der Waals surface area contributed by atoms with Gasteiger partial charge in [0, 0.05) is 18.2 Å². The number of rotatable bonds is 4. The molecule has 2 aliphatic rings. The molecule has 2 atom stereocenters. The number of nitrogens with one attached hydrogen (secondary N) is 1. The number of nitrogens with zero attached hydrogens (tertiary/aromatic N) is 1. The molecule has 0 radical (unpaired) electrons. The zero-order chi connectivity index (χ0) is 14.2. The number of esters is 1. The van der Waals surface area contributed by atoms with Crippen molar-refractivity contribution < 1.29 is 24.2 Å². The second-order valence-electron chi connectivity index (χ2n) is 4.21. The van der Waals surface area contributed by atoms with Crippen molar-refractivity contribution >= 4 is 29.6 Å². The summed E-state index contributed by atoms with van der Waals surface area (Å²) < 4.78 is 4.83. The summed E-state index contributed by atoms with van der Waals surface area (Å²) in [6.45, 7) is 1.16. The van der Waals surface area contributed by atoms with Crippen LogP contribution in [0.4, 0.5) is 0 Å². The number of amides is 1. The maximum atomic E-state index is 11.9. The third kappa shape index (κ3) is 2.33. The summed E-state index contributed by atoms with van der Waals surface area (Å²) in [6.07, 6.45) is 0. The van der Waals surface area contributed by atoms with Crippen LogP contribution in [0, 0.1) is 0 Å². The summed E-state index contributed by atoms with van der Waals surface area (Å²) in [5, 5.41) is 11.9. The zero-order valence-corrected chi connectivity index (χ0v) is 11.3. The van der Waals surface area contributed by atoms with Gasteiger partial charge in [0.15, 0.2) is 0 Å². The highest BCUT2D eigenvalue weighted by atomic mass is 32.2. The summed E-state index contributed by atoms with van der Waals surface area (Å²) in [7, 11) is 1.67. The first kappa shape index (κ1) is 13.9. The first-order valence-corrected chi connectivity index (χ1v) is 6.73. The van der Waals surface area contributed by atoms with Gasteiger partial charge >= 0.3 is 11.9 Å². The minimum Gasteiger partial charge on any atom is -0.477 e. The van der Waals surface area contributed by atoms with Gasteiger partial charge in [-0.2, -0.15) is 0 Å². The number of β-lactam (4-membered cyclic amide) rings is 1. The summed E-state index contributed by atoms with van der Waals surface area (Å²) in [6, 6.07) is -0.352. The highest BCUT2D eigenvalue weighted by Gasteiger charge is 2.52. The molecular weight excluding hydrogens is 272 g/mol. The van der Waals surface area contributed by atoms with Gasteiger partial charge in [-0.1, -0.05) is 0 Å². The SMILES string of the molecule is CN[C@@H]1C(=O)N2C(C(=O)O)=C(COC(C)=O)CS[C@H]12. The minimum atomic E-state index is -1.17. The van der Waals surface area contributed by atoms with Crippen molar-refractivity contribution in [3.05, 3.63) is 11.3 Å².